The highest BCUT2D eigenvalue weighted by Crippen LogP contribution is 2.43. The summed E-state index contributed by atoms with van der Waals surface area (Å²) in [6.45, 7) is 28.7. The van der Waals surface area contributed by atoms with Gasteiger partial charge >= 0.3 is 0 Å². The van der Waals surface area contributed by atoms with Gasteiger partial charge in [-0.05, 0) is 36.3 Å². The monoisotopic (exact) mass is 439 g/mol. The van der Waals surface area contributed by atoms with Crippen molar-refractivity contribution < 1.29 is 13.6 Å². The van der Waals surface area contributed by atoms with Crippen molar-refractivity contribution >= 4 is 16.6 Å². The zero-order chi connectivity index (χ0) is 22.8. The van der Waals surface area contributed by atoms with Crippen LogP contribution < -0.4 is 0 Å². The Morgan fingerprint density at radius 1 is 1.03 bits per heavy atom. The molecule has 0 aliphatic carbocycles. The van der Waals surface area contributed by atoms with Crippen LogP contribution in [0.15, 0.2) is 12.7 Å². The first-order valence-corrected chi connectivity index (χ1v) is 16.8. The molecule has 1 fully saturated rings. The fourth-order valence-corrected chi connectivity index (χ4v) is 5.81. The molecular formula is C23H45NO3Si2. The Labute approximate surface area is 182 Å². The average Bonchev–Trinajstić information content (AvgIpc) is 2.53. The first-order valence-electron chi connectivity index (χ1n) is 11.0. The normalized spacial score (nSPS) is 27.9. The Bertz CT molecular complexity index is 599. The van der Waals surface area contributed by atoms with Crippen LogP contribution in [0.25, 0.3) is 0 Å². The third-order valence-corrected chi connectivity index (χ3v) is 16.3. The fourth-order valence-electron chi connectivity index (χ4n) is 3.11. The van der Waals surface area contributed by atoms with Gasteiger partial charge in [0.15, 0.2) is 16.6 Å². The molecule has 0 N–H and O–H groups in total. The predicted molar refractivity (Wildman–Crippen MR) is 127 cm³/mol. The molecule has 5 atom stereocenters. The lowest BCUT2D eigenvalue weighted by Gasteiger charge is -2.50. The van der Waals surface area contributed by atoms with E-state index in [0.29, 0.717) is 6.42 Å². The van der Waals surface area contributed by atoms with Crippen molar-refractivity contribution in [1.29, 1.82) is 5.26 Å². The molecule has 1 heterocycles. The minimum Gasteiger partial charge on any atom is -0.411 e. The lowest BCUT2D eigenvalue weighted by atomic mass is 9.90. The first kappa shape index (κ1) is 26.6. The van der Waals surface area contributed by atoms with E-state index in [1.807, 2.05) is 6.08 Å². The van der Waals surface area contributed by atoms with Crippen LogP contribution in [0, 0.1) is 17.2 Å². The summed E-state index contributed by atoms with van der Waals surface area (Å²) in [7, 11) is -3.98. The molecule has 4 nitrogen and oxygen atoms in total. The van der Waals surface area contributed by atoms with Crippen LogP contribution in [0.3, 0.4) is 0 Å². The summed E-state index contributed by atoms with van der Waals surface area (Å²) in [5.41, 5.74) is 0. The van der Waals surface area contributed by atoms with Gasteiger partial charge in [0.1, 0.15) is 0 Å². The Morgan fingerprint density at radius 2 is 1.48 bits per heavy atom. The van der Waals surface area contributed by atoms with Gasteiger partial charge in [-0.15, -0.1) is 6.58 Å². The molecule has 1 aliphatic heterocycles. The highest BCUT2D eigenvalue weighted by Gasteiger charge is 2.49. The maximum absolute atomic E-state index is 9.42. The Kier molecular flexibility index (Phi) is 8.57. The molecule has 1 saturated heterocycles. The Morgan fingerprint density at radius 3 is 1.86 bits per heavy atom. The Balaban J connectivity index is 3.24. The molecule has 1 aliphatic rings. The molecule has 168 valence electrons. The van der Waals surface area contributed by atoms with Gasteiger partial charge in [-0.1, -0.05) is 54.5 Å². The van der Waals surface area contributed by atoms with Gasteiger partial charge in [-0.25, -0.2) is 0 Å². The molecule has 6 heteroatoms. The van der Waals surface area contributed by atoms with Gasteiger partial charge in [0.05, 0.1) is 36.9 Å². The molecule has 0 amide bonds. The van der Waals surface area contributed by atoms with E-state index in [1.165, 1.54) is 0 Å². The minimum atomic E-state index is -2.00. The summed E-state index contributed by atoms with van der Waals surface area (Å²) in [6, 6.07) is 2.31. The second-order valence-electron chi connectivity index (χ2n) is 11.7. The van der Waals surface area contributed by atoms with Crippen molar-refractivity contribution in [2.24, 2.45) is 5.92 Å². The van der Waals surface area contributed by atoms with Gasteiger partial charge in [-0.3, -0.25) is 0 Å². The van der Waals surface area contributed by atoms with Crippen LogP contribution in [0.4, 0.5) is 0 Å². The first-order chi connectivity index (χ1) is 13.0. The molecule has 0 spiro atoms. The molecule has 0 aromatic carbocycles. The second-order valence-corrected chi connectivity index (χ2v) is 21.2. The van der Waals surface area contributed by atoms with Gasteiger partial charge in [-0.2, -0.15) is 5.26 Å². The van der Waals surface area contributed by atoms with Crippen molar-refractivity contribution in [2.45, 2.75) is 122 Å². The van der Waals surface area contributed by atoms with Crippen molar-refractivity contribution in [3.63, 3.8) is 0 Å². The molecule has 0 saturated carbocycles. The van der Waals surface area contributed by atoms with Crippen molar-refractivity contribution in [2.75, 3.05) is 0 Å². The van der Waals surface area contributed by atoms with Crippen LogP contribution in [0.5, 0.6) is 0 Å². The number of rotatable bonds is 7. The average molecular weight is 440 g/mol. The summed E-state index contributed by atoms with van der Waals surface area (Å²) < 4.78 is 20.1. The lowest BCUT2D eigenvalue weighted by molar-refractivity contribution is -0.168. The van der Waals surface area contributed by atoms with Crippen molar-refractivity contribution in [1.82, 2.24) is 0 Å². The van der Waals surface area contributed by atoms with Gasteiger partial charge in [0, 0.05) is 12.3 Å². The predicted octanol–water partition coefficient (Wildman–Crippen LogP) is 6.66. The number of hydrogen-bond donors (Lipinski definition) is 0. The maximum atomic E-state index is 9.42. The molecular weight excluding hydrogens is 394 g/mol. The lowest BCUT2D eigenvalue weighted by Crippen LogP contribution is -2.58. The molecule has 0 aromatic rings. The number of nitriles is 1. The summed E-state index contributed by atoms with van der Waals surface area (Å²) in [4.78, 5) is 0. The maximum Gasteiger partial charge on any atom is 0.192 e. The summed E-state index contributed by atoms with van der Waals surface area (Å²) in [6.07, 6.45) is 2.57. The van der Waals surface area contributed by atoms with E-state index >= 15 is 0 Å². The van der Waals surface area contributed by atoms with E-state index in [4.69, 9.17) is 13.6 Å². The second kappa shape index (κ2) is 9.36. The van der Waals surface area contributed by atoms with Crippen LogP contribution in [0.1, 0.15) is 61.3 Å². The smallest absolute Gasteiger partial charge is 0.192 e. The summed E-state index contributed by atoms with van der Waals surface area (Å²) in [5, 5.41) is 9.64. The highest BCUT2D eigenvalue weighted by atomic mass is 28.4. The third kappa shape index (κ3) is 6.51. The zero-order valence-electron chi connectivity index (χ0n) is 20.8. The molecule has 4 unspecified atom stereocenters. The number of nitrogens with zero attached hydrogens (tertiary/aromatic N) is 1. The highest BCUT2D eigenvalue weighted by molar-refractivity contribution is 6.74. The van der Waals surface area contributed by atoms with E-state index in [2.05, 4.69) is 87.3 Å². The molecule has 29 heavy (non-hydrogen) atoms. The van der Waals surface area contributed by atoms with Crippen molar-refractivity contribution in [3.05, 3.63) is 12.7 Å². The topological polar surface area (TPSA) is 51.5 Å². The SMILES string of the molecule is C=C[C@H](C)C1OC(CC#N)C(O[Si](C)(C)C(C)(C)C)CC1O[Si](C)(C)C(C)(C)C. The van der Waals surface area contributed by atoms with Crippen LogP contribution >= 0.6 is 0 Å². The standard InChI is InChI=1S/C23H45NO3Si2/c1-13-17(2)21-20(27-29(11,12)23(6,7)8)16-19(18(25-21)14-15-24)26-28(9,10)22(3,4)5/h13,17-21H,1,14,16H2,2-12H3/t17-,18?,19?,20?,21?/m0/s1. The fraction of sp³-hybridized carbons (Fsp3) is 0.870. The largest absolute Gasteiger partial charge is 0.411 e. The Hall–Kier alpha value is -0.456. The van der Waals surface area contributed by atoms with E-state index in [0.717, 1.165) is 6.42 Å². The number of ether oxygens (including phenoxy) is 1. The summed E-state index contributed by atoms with van der Waals surface area (Å²) in [5.74, 6) is 0.153. The molecule has 1 rings (SSSR count). The van der Waals surface area contributed by atoms with E-state index in [1.54, 1.807) is 0 Å². The van der Waals surface area contributed by atoms with E-state index in [-0.39, 0.29) is 40.4 Å². The van der Waals surface area contributed by atoms with Crippen LogP contribution in [0.2, 0.25) is 36.3 Å². The molecule has 0 bridgehead atoms. The molecule has 0 aromatic heterocycles. The van der Waals surface area contributed by atoms with Crippen LogP contribution in [-0.4, -0.2) is 41.1 Å². The quantitative estimate of drug-likeness (QED) is 0.329. The molecule has 0 radical (unpaired) electrons. The third-order valence-electron chi connectivity index (χ3n) is 7.26. The van der Waals surface area contributed by atoms with E-state index < -0.39 is 16.6 Å². The van der Waals surface area contributed by atoms with Crippen LogP contribution in [-0.2, 0) is 13.6 Å². The summed E-state index contributed by atoms with van der Waals surface area (Å²) >= 11 is 0. The van der Waals surface area contributed by atoms with E-state index in [9.17, 15) is 5.26 Å². The van der Waals surface area contributed by atoms with Gasteiger partial charge in [0.25, 0.3) is 0 Å². The van der Waals surface area contributed by atoms with Gasteiger partial charge < -0.3 is 13.6 Å². The van der Waals surface area contributed by atoms with Crippen molar-refractivity contribution in [3.8, 4) is 6.07 Å². The van der Waals surface area contributed by atoms with Gasteiger partial charge in [0.2, 0.25) is 0 Å². The minimum absolute atomic E-state index is 0.0476. The number of hydrogen-bond acceptors (Lipinski definition) is 4. The zero-order valence-corrected chi connectivity index (χ0v) is 22.8.